The minimum absolute atomic E-state index is 0.161. The monoisotopic (exact) mass is 235 g/mol. The summed E-state index contributed by atoms with van der Waals surface area (Å²) in [7, 11) is 0. The van der Waals surface area contributed by atoms with Crippen LogP contribution >= 0.6 is 0 Å². The number of ether oxygens (including phenoxy) is 1. The van der Waals surface area contributed by atoms with Crippen molar-refractivity contribution in [1.29, 1.82) is 0 Å². The smallest absolute Gasteiger partial charge is 0.0642 e. The van der Waals surface area contributed by atoms with Crippen LogP contribution in [0.4, 0.5) is 5.69 Å². The molecule has 0 amide bonds. The second kappa shape index (κ2) is 5.07. The van der Waals surface area contributed by atoms with Crippen LogP contribution in [0.25, 0.3) is 0 Å². The molecule has 0 bridgehead atoms. The number of benzene rings is 1. The zero-order valence-corrected chi connectivity index (χ0v) is 10.6. The number of aliphatic hydroxyl groups is 1. The molecule has 0 aromatic heterocycles. The van der Waals surface area contributed by atoms with E-state index in [-0.39, 0.29) is 12.0 Å². The Kier molecular flexibility index (Phi) is 3.69. The van der Waals surface area contributed by atoms with Gasteiger partial charge in [-0.2, -0.15) is 0 Å². The summed E-state index contributed by atoms with van der Waals surface area (Å²) >= 11 is 0. The molecule has 94 valence electrons. The molecule has 0 saturated carbocycles. The summed E-state index contributed by atoms with van der Waals surface area (Å²) < 4.78 is 5.38. The molecule has 0 radical (unpaired) electrons. The van der Waals surface area contributed by atoms with Crippen molar-refractivity contribution < 1.29 is 9.84 Å². The summed E-state index contributed by atoms with van der Waals surface area (Å²) in [5.74, 6) is 0. The Labute approximate surface area is 103 Å². The van der Waals surface area contributed by atoms with Gasteiger partial charge < -0.3 is 14.7 Å². The molecule has 0 aliphatic carbocycles. The van der Waals surface area contributed by atoms with Crippen LogP contribution < -0.4 is 4.90 Å². The number of morpholine rings is 1. The predicted molar refractivity (Wildman–Crippen MR) is 69.6 cm³/mol. The van der Waals surface area contributed by atoms with E-state index in [2.05, 4.69) is 36.9 Å². The maximum absolute atomic E-state index is 9.53. The Bertz CT molecular complexity index is 370. The van der Waals surface area contributed by atoms with Gasteiger partial charge in [-0.25, -0.2) is 0 Å². The van der Waals surface area contributed by atoms with E-state index in [1.165, 1.54) is 11.3 Å². The Morgan fingerprint density at radius 1 is 1.24 bits per heavy atom. The van der Waals surface area contributed by atoms with Gasteiger partial charge in [0.1, 0.15) is 0 Å². The molecule has 1 fully saturated rings. The zero-order valence-electron chi connectivity index (χ0n) is 10.6. The Hall–Kier alpha value is -1.06. The molecular weight excluding hydrogens is 214 g/mol. The maximum Gasteiger partial charge on any atom is 0.0642 e. The number of para-hydroxylation sites is 1. The molecule has 1 aliphatic heterocycles. The number of rotatable bonds is 3. The highest BCUT2D eigenvalue weighted by atomic mass is 16.5. The van der Waals surface area contributed by atoms with Crippen molar-refractivity contribution in [2.75, 3.05) is 37.8 Å². The molecule has 0 atom stereocenters. The molecular formula is C14H21NO2. The van der Waals surface area contributed by atoms with E-state index < -0.39 is 0 Å². The first-order valence-electron chi connectivity index (χ1n) is 6.18. The molecule has 1 saturated heterocycles. The first-order chi connectivity index (χ1) is 8.15. The van der Waals surface area contributed by atoms with Gasteiger partial charge in [-0.1, -0.05) is 32.0 Å². The lowest BCUT2D eigenvalue weighted by atomic mass is 9.84. The molecule has 3 heteroatoms. The molecule has 3 nitrogen and oxygen atoms in total. The van der Waals surface area contributed by atoms with Gasteiger partial charge in [-0.05, 0) is 11.6 Å². The van der Waals surface area contributed by atoms with Crippen molar-refractivity contribution in [2.45, 2.75) is 19.3 Å². The molecule has 1 aromatic rings. The van der Waals surface area contributed by atoms with Gasteiger partial charge in [0.25, 0.3) is 0 Å². The zero-order chi connectivity index (χ0) is 12.3. The maximum atomic E-state index is 9.53. The quantitative estimate of drug-likeness (QED) is 0.867. The molecule has 2 rings (SSSR count). The van der Waals surface area contributed by atoms with Crippen molar-refractivity contribution in [1.82, 2.24) is 0 Å². The number of anilines is 1. The first kappa shape index (κ1) is 12.4. The van der Waals surface area contributed by atoms with Crippen LogP contribution in [0.1, 0.15) is 19.4 Å². The van der Waals surface area contributed by atoms with Crippen molar-refractivity contribution in [3.63, 3.8) is 0 Å². The summed E-state index contributed by atoms with van der Waals surface area (Å²) in [5, 5.41) is 9.53. The second-order valence-corrected chi connectivity index (χ2v) is 5.16. The average Bonchev–Trinajstić information content (AvgIpc) is 2.40. The van der Waals surface area contributed by atoms with Crippen LogP contribution in [0, 0.1) is 0 Å². The van der Waals surface area contributed by atoms with E-state index in [0.717, 1.165) is 26.3 Å². The third kappa shape index (κ3) is 2.61. The average molecular weight is 235 g/mol. The lowest BCUT2D eigenvalue weighted by molar-refractivity contribution is 0.122. The van der Waals surface area contributed by atoms with Gasteiger partial charge >= 0.3 is 0 Å². The van der Waals surface area contributed by atoms with Crippen molar-refractivity contribution >= 4 is 5.69 Å². The number of hydrogen-bond acceptors (Lipinski definition) is 3. The van der Waals surface area contributed by atoms with Gasteiger partial charge in [0.15, 0.2) is 0 Å². The van der Waals surface area contributed by atoms with E-state index in [0.29, 0.717) is 0 Å². The van der Waals surface area contributed by atoms with Crippen LogP contribution in [0.2, 0.25) is 0 Å². The fourth-order valence-electron chi connectivity index (χ4n) is 2.21. The standard InChI is InChI=1S/C14H21NO2/c1-14(2,11-16)12-5-3-4-6-13(12)15-7-9-17-10-8-15/h3-6,16H,7-11H2,1-2H3. The highest BCUT2D eigenvalue weighted by molar-refractivity contribution is 5.56. The van der Waals surface area contributed by atoms with E-state index in [4.69, 9.17) is 4.74 Å². The third-order valence-electron chi connectivity index (χ3n) is 3.38. The Balaban J connectivity index is 2.33. The molecule has 1 N–H and O–H groups in total. The van der Waals surface area contributed by atoms with Gasteiger partial charge in [0.05, 0.1) is 19.8 Å². The molecule has 1 heterocycles. The fraction of sp³-hybridized carbons (Fsp3) is 0.571. The Morgan fingerprint density at radius 2 is 1.88 bits per heavy atom. The highest BCUT2D eigenvalue weighted by Gasteiger charge is 2.25. The second-order valence-electron chi connectivity index (χ2n) is 5.16. The minimum atomic E-state index is -0.200. The molecule has 1 aromatic carbocycles. The number of hydrogen-bond donors (Lipinski definition) is 1. The lowest BCUT2D eigenvalue weighted by Crippen LogP contribution is -2.38. The predicted octanol–water partition coefficient (Wildman–Crippen LogP) is 1.79. The SMILES string of the molecule is CC(C)(CO)c1ccccc1N1CCOCC1. The van der Waals surface area contributed by atoms with Gasteiger partial charge in [-0.3, -0.25) is 0 Å². The van der Waals surface area contributed by atoms with E-state index in [9.17, 15) is 5.11 Å². The largest absolute Gasteiger partial charge is 0.395 e. The summed E-state index contributed by atoms with van der Waals surface area (Å²) in [5.41, 5.74) is 2.24. The van der Waals surface area contributed by atoms with E-state index >= 15 is 0 Å². The van der Waals surface area contributed by atoms with Crippen LogP contribution in [-0.2, 0) is 10.2 Å². The summed E-state index contributed by atoms with van der Waals surface area (Å²) in [4.78, 5) is 2.34. The highest BCUT2D eigenvalue weighted by Crippen LogP contribution is 2.32. The molecule has 0 spiro atoms. The normalized spacial score (nSPS) is 17.2. The molecule has 17 heavy (non-hydrogen) atoms. The third-order valence-corrected chi connectivity index (χ3v) is 3.38. The van der Waals surface area contributed by atoms with E-state index in [1.54, 1.807) is 0 Å². The topological polar surface area (TPSA) is 32.7 Å². The lowest BCUT2D eigenvalue weighted by Gasteiger charge is -2.34. The van der Waals surface area contributed by atoms with Crippen molar-refractivity contribution in [3.05, 3.63) is 29.8 Å². The number of nitrogens with zero attached hydrogens (tertiary/aromatic N) is 1. The molecule has 1 aliphatic rings. The van der Waals surface area contributed by atoms with Crippen LogP contribution in [-0.4, -0.2) is 38.0 Å². The van der Waals surface area contributed by atoms with Crippen LogP contribution in [0.15, 0.2) is 24.3 Å². The summed E-state index contributed by atoms with van der Waals surface area (Å²) in [6, 6.07) is 8.34. The summed E-state index contributed by atoms with van der Waals surface area (Å²) in [6.45, 7) is 7.74. The van der Waals surface area contributed by atoms with Crippen molar-refractivity contribution in [3.8, 4) is 0 Å². The van der Waals surface area contributed by atoms with Crippen molar-refractivity contribution in [2.24, 2.45) is 0 Å². The Morgan fingerprint density at radius 3 is 2.53 bits per heavy atom. The van der Waals surface area contributed by atoms with Gasteiger partial charge in [0.2, 0.25) is 0 Å². The first-order valence-corrected chi connectivity index (χ1v) is 6.18. The fourth-order valence-corrected chi connectivity index (χ4v) is 2.21. The number of aliphatic hydroxyl groups excluding tert-OH is 1. The van der Waals surface area contributed by atoms with E-state index in [1.807, 2.05) is 6.07 Å². The molecule has 0 unspecified atom stereocenters. The van der Waals surface area contributed by atoms with Gasteiger partial charge in [-0.15, -0.1) is 0 Å². The van der Waals surface area contributed by atoms with Crippen LogP contribution in [0.3, 0.4) is 0 Å². The minimum Gasteiger partial charge on any atom is -0.395 e. The van der Waals surface area contributed by atoms with Gasteiger partial charge in [0, 0.05) is 24.2 Å². The van der Waals surface area contributed by atoms with Crippen LogP contribution in [0.5, 0.6) is 0 Å². The summed E-state index contributed by atoms with van der Waals surface area (Å²) in [6.07, 6.45) is 0.